The minimum Gasteiger partial charge on any atom is -0.464 e. The van der Waals surface area contributed by atoms with Crippen LogP contribution in [0.15, 0.2) is 59.1 Å². The Labute approximate surface area is 191 Å². The van der Waals surface area contributed by atoms with Gasteiger partial charge in [-0.2, -0.15) is 0 Å². The van der Waals surface area contributed by atoms with Gasteiger partial charge in [-0.25, -0.2) is 0 Å². The van der Waals surface area contributed by atoms with Gasteiger partial charge in [0.05, 0.1) is 22.4 Å². The normalized spacial score (nSPS) is 18.4. The number of aryl methyl sites for hydroxylation is 1. The molecule has 4 rings (SSSR count). The number of amides is 1. The molecule has 0 bridgehead atoms. The SMILES string of the molecule is Cc1ccc([C@H]2[C@H](c3ccccn3)NC(=S)N2c2ccc(NC(=O)C(C)C)c(Cl)c2)o1. The lowest BCUT2D eigenvalue weighted by Gasteiger charge is -2.26. The van der Waals surface area contributed by atoms with Crippen molar-refractivity contribution in [2.75, 3.05) is 10.2 Å². The Morgan fingerprint density at radius 1 is 1.26 bits per heavy atom. The van der Waals surface area contributed by atoms with Crippen LogP contribution < -0.4 is 15.5 Å². The smallest absolute Gasteiger partial charge is 0.226 e. The van der Waals surface area contributed by atoms with E-state index in [4.69, 9.17) is 28.2 Å². The van der Waals surface area contributed by atoms with Crippen LogP contribution in [-0.4, -0.2) is 16.0 Å². The van der Waals surface area contributed by atoms with Gasteiger partial charge in [0, 0.05) is 17.8 Å². The number of hydrogen-bond acceptors (Lipinski definition) is 4. The van der Waals surface area contributed by atoms with Gasteiger partial charge in [-0.3, -0.25) is 9.78 Å². The van der Waals surface area contributed by atoms with E-state index >= 15 is 0 Å². The van der Waals surface area contributed by atoms with Crippen molar-refractivity contribution < 1.29 is 9.21 Å². The molecule has 3 heterocycles. The van der Waals surface area contributed by atoms with Gasteiger partial charge in [-0.1, -0.05) is 31.5 Å². The van der Waals surface area contributed by atoms with E-state index in [0.29, 0.717) is 15.8 Å². The molecule has 2 atom stereocenters. The lowest BCUT2D eigenvalue weighted by atomic mass is 10.0. The lowest BCUT2D eigenvalue weighted by molar-refractivity contribution is -0.118. The Morgan fingerprint density at radius 3 is 2.68 bits per heavy atom. The van der Waals surface area contributed by atoms with E-state index in [9.17, 15) is 4.79 Å². The number of halogens is 1. The molecule has 8 heteroatoms. The molecule has 0 spiro atoms. The predicted molar refractivity (Wildman–Crippen MR) is 126 cm³/mol. The maximum absolute atomic E-state index is 12.1. The average molecular weight is 455 g/mol. The Bertz CT molecular complexity index is 1120. The molecule has 3 aromatic rings. The second-order valence-corrected chi connectivity index (χ2v) is 8.55. The minimum atomic E-state index is -0.247. The third-order valence-corrected chi connectivity index (χ3v) is 5.79. The van der Waals surface area contributed by atoms with Crippen molar-refractivity contribution >= 4 is 46.2 Å². The van der Waals surface area contributed by atoms with Gasteiger partial charge < -0.3 is 20.0 Å². The Hall–Kier alpha value is -2.90. The molecule has 1 amide bonds. The number of pyridine rings is 1. The van der Waals surface area contributed by atoms with E-state index in [0.717, 1.165) is 22.9 Å². The molecule has 160 valence electrons. The third kappa shape index (κ3) is 4.29. The first-order valence-electron chi connectivity index (χ1n) is 10.0. The van der Waals surface area contributed by atoms with E-state index in [1.807, 2.05) is 62.1 Å². The van der Waals surface area contributed by atoms with Crippen molar-refractivity contribution in [2.45, 2.75) is 32.9 Å². The summed E-state index contributed by atoms with van der Waals surface area (Å²) in [5, 5.41) is 7.21. The van der Waals surface area contributed by atoms with E-state index in [2.05, 4.69) is 15.6 Å². The molecule has 0 radical (unpaired) electrons. The predicted octanol–water partition coefficient (Wildman–Crippen LogP) is 5.41. The molecule has 0 aliphatic carbocycles. The third-order valence-electron chi connectivity index (χ3n) is 5.16. The molecular formula is C23H23ClN4O2S. The highest BCUT2D eigenvalue weighted by atomic mass is 35.5. The molecule has 0 unspecified atom stereocenters. The van der Waals surface area contributed by atoms with Crippen molar-refractivity contribution in [1.29, 1.82) is 0 Å². The second-order valence-electron chi connectivity index (χ2n) is 7.75. The Kier molecular flexibility index (Phi) is 5.98. The minimum absolute atomic E-state index is 0.0906. The van der Waals surface area contributed by atoms with Crippen molar-refractivity contribution in [2.24, 2.45) is 5.92 Å². The number of carbonyl (C=O) groups excluding carboxylic acids is 1. The molecule has 1 aromatic carbocycles. The van der Waals surface area contributed by atoms with Gasteiger partial charge in [-0.15, -0.1) is 0 Å². The van der Waals surface area contributed by atoms with Crippen LogP contribution in [0.25, 0.3) is 0 Å². The molecule has 2 N–H and O–H groups in total. The number of thiocarbonyl (C=S) groups is 1. The summed E-state index contributed by atoms with van der Waals surface area (Å²) in [5.41, 5.74) is 2.22. The number of benzene rings is 1. The van der Waals surface area contributed by atoms with Crippen LogP contribution in [0.3, 0.4) is 0 Å². The molecule has 1 fully saturated rings. The standard InChI is InChI=1S/C23H23ClN4O2S/c1-13(2)22(29)26-17-9-8-15(12-16(17)24)28-21(19-10-7-14(3)30-19)20(27-23(28)31)18-6-4-5-11-25-18/h4-13,20-21H,1-3H3,(H,26,29)(H,27,31)/t20-,21-/m0/s1. The van der Waals surface area contributed by atoms with Gasteiger partial charge in [0.15, 0.2) is 5.11 Å². The topological polar surface area (TPSA) is 70.4 Å². The molecule has 1 saturated heterocycles. The fourth-order valence-electron chi connectivity index (χ4n) is 3.57. The van der Waals surface area contributed by atoms with E-state index in [1.54, 1.807) is 18.3 Å². The van der Waals surface area contributed by atoms with Crippen LogP contribution in [0.1, 0.15) is 43.1 Å². The first-order chi connectivity index (χ1) is 14.8. The number of anilines is 2. The van der Waals surface area contributed by atoms with Crippen LogP contribution in [0, 0.1) is 12.8 Å². The quantitative estimate of drug-likeness (QED) is 0.502. The zero-order valence-corrected chi connectivity index (χ0v) is 19.0. The van der Waals surface area contributed by atoms with E-state index < -0.39 is 0 Å². The average Bonchev–Trinajstić information content (AvgIpc) is 3.32. The number of carbonyl (C=O) groups is 1. The summed E-state index contributed by atoms with van der Waals surface area (Å²) in [6, 6.07) is 14.7. The molecule has 1 aliphatic heterocycles. The summed E-state index contributed by atoms with van der Waals surface area (Å²) in [4.78, 5) is 18.6. The highest BCUT2D eigenvalue weighted by molar-refractivity contribution is 7.80. The van der Waals surface area contributed by atoms with E-state index in [1.165, 1.54) is 0 Å². The summed E-state index contributed by atoms with van der Waals surface area (Å²) in [7, 11) is 0. The lowest BCUT2D eigenvalue weighted by Crippen LogP contribution is -2.29. The zero-order valence-electron chi connectivity index (χ0n) is 17.4. The van der Waals surface area contributed by atoms with Crippen LogP contribution in [0.4, 0.5) is 11.4 Å². The highest BCUT2D eigenvalue weighted by Crippen LogP contribution is 2.43. The monoisotopic (exact) mass is 454 g/mol. The number of aromatic nitrogens is 1. The zero-order chi connectivity index (χ0) is 22.1. The first kappa shape index (κ1) is 21.3. The fraction of sp³-hybridized carbons (Fsp3) is 0.261. The summed E-state index contributed by atoms with van der Waals surface area (Å²) < 4.78 is 5.99. The second kappa shape index (κ2) is 8.69. The van der Waals surface area contributed by atoms with Gasteiger partial charge >= 0.3 is 0 Å². The Morgan fingerprint density at radius 2 is 2.06 bits per heavy atom. The highest BCUT2D eigenvalue weighted by Gasteiger charge is 2.42. The molecule has 31 heavy (non-hydrogen) atoms. The molecule has 1 aliphatic rings. The van der Waals surface area contributed by atoms with Gasteiger partial charge in [0.25, 0.3) is 0 Å². The number of rotatable bonds is 5. The number of nitrogens with one attached hydrogen (secondary N) is 2. The molecular weight excluding hydrogens is 432 g/mol. The number of nitrogens with zero attached hydrogens (tertiary/aromatic N) is 2. The molecule has 0 saturated carbocycles. The maximum atomic E-state index is 12.1. The van der Waals surface area contributed by atoms with Gasteiger partial charge in [0.1, 0.15) is 17.6 Å². The molecule has 6 nitrogen and oxygen atoms in total. The summed E-state index contributed by atoms with van der Waals surface area (Å²) in [6.07, 6.45) is 1.76. The van der Waals surface area contributed by atoms with Crippen molar-refractivity contribution in [3.8, 4) is 0 Å². The fourth-order valence-corrected chi connectivity index (χ4v) is 4.13. The van der Waals surface area contributed by atoms with Crippen LogP contribution in [0.2, 0.25) is 5.02 Å². The van der Waals surface area contributed by atoms with Gasteiger partial charge in [-0.05, 0) is 61.6 Å². The van der Waals surface area contributed by atoms with Gasteiger partial charge in [0.2, 0.25) is 5.91 Å². The van der Waals surface area contributed by atoms with Crippen LogP contribution >= 0.6 is 23.8 Å². The summed E-state index contributed by atoms with van der Waals surface area (Å²) >= 11 is 12.2. The summed E-state index contributed by atoms with van der Waals surface area (Å²) in [6.45, 7) is 5.58. The first-order valence-corrected chi connectivity index (χ1v) is 10.8. The van der Waals surface area contributed by atoms with Crippen molar-refractivity contribution in [3.63, 3.8) is 0 Å². The number of furan rings is 1. The van der Waals surface area contributed by atoms with E-state index in [-0.39, 0.29) is 23.9 Å². The Balaban J connectivity index is 1.73. The van der Waals surface area contributed by atoms with Crippen molar-refractivity contribution in [1.82, 2.24) is 10.3 Å². The van der Waals surface area contributed by atoms with Crippen LogP contribution in [-0.2, 0) is 4.79 Å². The summed E-state index contributed by atoms with van der Waals surface area (Å²) in [5.74, 6) is 1.36. The largest absolute Gasteiger partial charge is 0.464 e. The van der Waals surface area contributed by atoms with Crippen molar-refractivity contribution in [3.05, 3.63) is 77.0 Å². The van der Waals surface area contributed by atoms with Crippen LogP contribution in [0.5, 0.6) is 0 Å². The molecule has 2 aromatic heterocycles. The maximum Gasteiger partial charge on any atom is 0.226 e. The number of hydrogen-bond donors (Lipinski definition) is 2.